The number of halogens is 2. The highest BCUT2D eigenvalue weighted by Crippen LogP contribution is 2.26. The van der Waals surface area contributed by atoms with Crippen LogP contribution in [-0.2, 0) is 9.36 Å². The van der Waals surface area contributed by atoms with Gasteiger partial charge < -0.3 is 20.0 Å². The summed E-state index contributed by atoms with van der Waals surface area (Å²) in [5.74, 6) is -0.0713. The molecule has 0 saturated carbocycles. The Kier molecular flexibility index (Phi) is 7.15. The van der Waals surface area contributed by atoms with Crippen LogP contribution in [0.5, 0.6) is 0 Å². The van der Waals surface area contributed by atoms with Gasteiger partial charge in [0.1, 0.15) is 0 Å². The molecular formula is C8H10Br2NO5P. The molecule has 0 atom stereocenters. The summed E-state index contributed by atoms with van der Waals surface area (Å²) in [6.45, 7) is 1.48. The molecule has 0 bridgehead atoms. The van der Waals surface area contributed by atoms with Crippen molar-refractivity contribution in [2.24, 2.45) is 0 Å². The van der Waals surface area contributed by atoms with E-state index < -0.39 is 7.82 Å². The number of hydrogen-bond donors (Lipinski definition) is 4. The molecule has 4 N–H and O–H groups in total. The van der Waals surface area contributed by atoms with Crippen molar-refractivity contribution in [1.29, 1.82) is 0 Å². The van der Waals surface area contributed by atoms with E-state index in [0.717, 1.165) is 14.6 Å². The van der Waals surface area contributed by atoms with Crippen LogP contribution in [0.15, 0.2) is 27.1 Å². The third-order valence-corrected chi connectivity index (χ3v) is 2.39. The summed E-state index contributed by atoms with van der Waals surface area (Å²) < 4.78 is 10.7. The number of rotatable bonds is 1. The lowest BCUT2D eigenvalue weighted by Crippen LogP contribution is -2.05. The van der Waals surface area contributed by atoms with Gasteiger partial charge in [-0.1, -0.05) is 15.9 Å². The molecule has 1 aromatic carbocycles. The van der Waals surface area contributed by atoms with Gasteiger partial charge in [-0.2, -0.15) is 0 Å². The smallest absolute Gasteiger partial charge is 0.325 e. The Morgan fingerprint density at radius 2 is 1.76 bits per heavy atom. The first-order valence-electron chi connectivity index (χ1n) is 4.10. The highest BCUT2D eigenvalue weighted by molar-refractivity contribution is 9.11. The number of phosphoric acid groups is 1. The van der Waals surface area contributed by atoms with Crippen LogP contribution in [0.2, 0.25) is 0 Å². The molecule has 9 heteroatoms. The van der Waals surface area contributed by atoms with Crippen molar-refractivity contribution >= 4 is 51.3 Å². The first-order chi connectivity index (χ1) is 7.59. The van der Waals surface area contributed by atoms with Crippen LogP contribution in [0.1, 0.15) is 6.92 Å². The average molecular weight is 391 g/mol. The molecule has 0 aliphatic heterocycles. The average Bonchev–Trinajstić information content (AvgIpc) is 2.06. The van der Waals surface area contributed by atoms with Gasteiger partial charge in [0.25, 0.3) is 0 Å². The van der Waals surface area contributed by atoms with Crippen LogP contribution in [0.25, 0.3) is 0 Å². The highest BCUT2D eigenvalue weighted by atomic mass is 79.9. The van der Waals surface area contributed by atoms with Gasteiger partial charge in [0.05, 0.1) is 5.69 Å². The number of amides is 1. The molecule has 1 rings (SSSR count). The van der Waals surface area contributed by atoms with Gasteiger partial charge in [-0.25, -0.2) is 4.57 Å². The van der Waals surface area contributed by atoms with E-state index in [9.17, 15) is 4.79 Å². The second kappa shape index (κ2) is 7.25. The van der Waals surface area contributed by atoms with Crippen LogP contribution in [0, 0.1) is 0 Å². The molecule has 0 aromatic heterocycles. The van der Waals surface area contributed by atoms with Gasteiger partial charge in [0, 0.05) is 15.9 Å². The minimum absolute atomic E-state index is 0.0713. The Morgan fingerprint density at radius 1 is 1.29 bits per heavy atom. The number of carbonyl (C=O) groups is 1. The molecule has 0 unspecified atom stereocenters. The monoisotopic (exact) mass is 389 g/mol. The Morgan fingerprint density at radius 3 is 2.12 bits per heavy atom. The van der Waals surface area contributed by atoms with E-state index >= 15 is 0 Å². The van der Waals surface area contributed by atoms with Crippen molar-refractivity contribution < 1.29 is 24.0 Å². The fourth-order valence-corrected chi connectivity index (χ4v) is 1.93. The predicted molar refractivity (Wildman–Crippen MR) is 70.4 cm³/mol. The van der Waals surface area contributed by atoms with Gasteiger partial charge in [0.15, 0.2) is 0 Å². The zero-order valence-corrected chi connectivity index (χ0v) is 12.7. The van der Waals surface area contributed by atoms with Gasteiger partial charge >= 0.3 is 7.82 Å². The molecule has 0 spiro atoms. The summed E-state index contributed by atoms with van der Waals surface area (Å²) in [6.07, 6.45) is 0. The Balaban J connectivity index is 0.000000437. The molecule has 0 radical (unpaired) electrons. The lowest BCUT2D eigenvalue weighted by Gasteiger charge is -2.04. The third kappa shape index (κ3) is 10.6. The molecule has 6 nitrogen and oxygen atoms in total. The van der Waals surface area contributed by atoms with Crippen molar-refractivity contribution in [3.05, 3.63) is 27.1 Å². The SMILES string of the molecule is CC(=O)Nc1ccc(Br)cc1Br.O=P(O)(O)O. The van der Waals surface area contributed by atoms with Crippen molar-refractivity contribution in [3.8, 4) is 0 Å². The third-order valence-electron chi connectivity index (χ3n) is 1.24. The van der Waals surface area contributed by atoms with Crippen LogP contribution in [-0.4, -0.2) is 20.6 Å². The zero-order chi connectivity index (χ0) is 13.6. The highest BCUT2D eigenvalue weighted by Gasteiger charge is 2.01. The zero-order valence-electron chi connectivity index (χ0n) is 8.59. The van der Waals surface area contributed by atoms with Crippen molar-refractivity contribution in [3.63, 3.8) is 0 Å². The molecule has 96 valence electrons. The van der Waals surface area contributed by atoms with Crippen LogP contribution < -0.4 is 5.32 Å². The lowest BCUT2D eigenvalue weighted by atomic mass is 10.3. The Labute approximate surface area is 115 Å². The molecule has 17 heavy (non-hydrogen) atoms. The summed E-state index contributed by atoms with van der Waals surface area (Å²) in [6, 6.07) is 5.58. The maximum absolute atomic E-state index is 10.7. The number of anilines is 1. The number of benzene rings is 1. The first kappa shape index (κ1) is 16.8. The summed E-state index contributed by atoms with van der Waals surface area (Å²) in [4.78, 5) is 32.3. The largest absolute Gasteiger partial charge is 0.466 e. The van der Waals surface area contributed by atoms with Gasteiger partial charge in [0.2, 0.25) is 5.91 Å². The quantitative estimate of drug-likeness (QED) is 0.550. The minimum atomic E-state index is -4.64. The molecule has 1 amide bonds. The van der Waals surface area contributed by atoms with Crippen molar-refractivity contribution in [2.75, 3.05) is 5.32 Å². The summed E-state index contributed by atoms with van der Waals surface area (Å²) in [5.41, 5.74) is 0.783. The molecule has 0 saturated heterocycles. The fourth-order valence-electron chi connectivity index (χ4n) is 0.780. The summed E-state index contributed by atoms with van der Waals surface area (Å²) in [7, 11) is -4.64. The summed E-state index contributed by atoms with van der Waals surface area (Å²) in [5, 5.41) is 2.69. The lowest BCUT2D eigenvalue weighted by molar-refractivity contribution is -0.114. The number of hydrogen-bond acceptors (Lipinski definition) is 2. The van der Waals surface area contributed by atoms with E-state index in [4.69, 9.17) is 19.2 Å². The maximum atomic E-state index is 10.7. The number of carbonyl (C=O) groups excluding carboxylic acids is 1. The van der Waals surface area contributed by atoms with E-state index in [1.54, 1.807) is 0 Å². The molecule has 0 fully saturated rings. The summed E-state index contributed by atoms with van der Waals surface area (Å²) >= 11 is 6.65. The number of nitrogens with one attached hydrogen (secondary N) is 1. The molecule has 0 heterocycles. The van der Waals surface area contributed by atoms with Crippen LogP contribution in [0.3, 0.4) is 0 Å². The first-order valence-corrected chi connectivity index (χ1v) is 7.25. The van der Waals surface area contributed by atoms with Crippen molar-refractivity contribution in [1.82, 2.24) is 0 Å². The molecular weight excluding hydrogens is 381 g/mol. The van der Waals surface area contributed by atoms with E-state index in [1.807, 2.05) is 18.2 Å². The Hall–Kier alpha value is -0.240. The van der Waals surface area contributed by atoms with Gasteiger partial charge in [-0.15, -0.1) is 0 Å². The van der Waals surface area contributed by atoms with Crippen LogP contribution in [0.4, 0.5) is 5.69 Å². The van der Waals surface area contributed by atoms with E-state index in [0.29, 0.717) is 0 Å². The molecule has 1 aromatic rings. The van der Waals surface area contributed by atoms with E-state index in [1.165, 1.54) is 6.92 Å². The normalized spacial score (nSPS) is 10.2. The van der Waals surface area contributed by atoms with Crippen molar-refractivity contribution in [2.45, 2.75) is 6.92 Å². The molecule has 0 aliphatic rings. The van der Waals surface area contributed by atoms with Gasteiger partial charge in [-0.3, -0.25) is 4.79 Å². The van der Waals surface area contributed by atoms with E-state index in [-0.39, 0.29) is 5.91 Å². The second-order valence-corrected chi connectivity index (χ2v) is 5.62. The maximum Gasteiger partial charge on any atom is 0.466 e. The Bertz CT molecular complexity index is 439. The molecule has 0 aliphatic carbocycles. The van der Waals surface area contributed by atoms with Gasteiger partial charge in [-0.05, 0) is 34.1 Å². The second-order valence-electron chi connectivity index (χ2n) is 2.82. The topological polar surface area (TPSA) is 107 Å². The van der Waals surface area contributed by atoms with Crippen LogP contribution >= 0.6 is 39.7 Å². The predicted octanol–water partition coefficient (Wildman–Crippen LogP) is 2.24. The fraction of sp³-hybridized carbons (Fsp3) is 0.125. The standard InChI is InChI=1S/C8H7Br2NO.H3O4P/c1-5(12)11-8-3-2-6(9)4-7(8)10;1-5(2,3)4/h2-4H,1H3,(H,11,12);(H3,1,2,3,4). The minimum Gasteiger partial charge on any atom is -0.325 e. The van der Waals surface area contributed by atoms with E-state index in [2.05, 4.69) is 37.2 Å².